The molecule has 134 valence electrons. The number of aromatic nitrogens is 6. The Labute approximate surface area is 146 Å². The predicted molar refractivity (Wildman–Crippen MR) is 89.8 cm³/mol. The number of carbonyl (C=O) groups is 1. The number of nitrogens with two attached hydrogens (primary N) is 1. The molecule has 0 aromatic carbocycles. The van der Waals surface area contributed by atoms with Crippen molar-refractivity contribution in [3.63, 3.8) is 0 Å². The van der Waals surface area contributed by atoms with Gasteiger partial charge in [-0.05, 0) is 32.6 Å². The van der Waals surface area contributed by atoms with Crippen molar-refractivity contribution in [2.45, 2.75) is 57.7 Å². The molecule has 1 saturated carbocycles. The van der Waals surface area contributed by atoms with Gasteiger partial charge in [-0.25, -0.2) is 4.68 Å². The largest absolute Gasteiger partial charge is 0.350 e. The number of hydrogen-bond acceptors (Lipinski definition) is 6. The van der Waals surface area contributed by atoms with Crippen molar-refractivity contribution in [1.82, 2.24) is 35.1 Å². The zero-order valence-corrected chi connectivity index (χ0v) is 14.4. The van der Waals surface area contributed by atoms with Gasteiger partial charge in [-0.15, -0.1) is 15.3 Å². The maximum absolute atomic E-state index is 12.3. The molecule has 4 rings (SSSR count). The molecule has 25 heavy (non-hydrogen) atoms. The molecular formula is C16H24N8O. The zero-order valence-electron chi connectivity index (χ0n) is 14.4. The number of nitrogens with one attached hydrogen (secondary N) is 1. The zero-order chi connectivity index (χ0) is 17.4. The molecule has 0 saturated heterocycles. The lowest BCUT2D eigenvalue weighted by atomic mass is 9.92. The Hall–Kier alpha value is -2.29. The van der Waals surface area contributed by atoms with Gasteiger partial charge in [0.2, 0.25) is 0 Å². The van der Waals surface area contributed by atoms with Crippen LogP contribution in [0.2, 0.25) is 0 Å². The molecule has 1 unspecified atom stereocenters. The lowest BCUT2D eigenvalue weighted by molar-refractivity contribution is 0.0941. The molecule has 9 nitrogen and oxygen atoms in total. The van der Waals surface area contributed by atoms with Crippen LogP contribution >= 0.6 is 0 Å². The molecule has 1 fully saturated rings. The summed E-state index contributed by atoms with van der Waals surface area (Å²) in [6.45, 7) is 3.41. The Bertz CT molecular complexity index is 758. The van der Waals surface area contributed by atoms with Crippen molar-refractivity contribution in [3.8, 4) is 0 Å². The summed E-state index contributed by atoms with van der Waals surface area (Å²) in [6, 6.07) is 0.596. The first-order valence-electron chi connectivity index (χ1n) is 8.94. The molecule has 2 aromatic heterocycles. The lowest BCUT2D eigenvalue weighted by Gasteiger charge is -2.25. The van der Waals surface area contributed by atoms with Crippen molar-refractivity contribution < 1.29 is 4.79 Å². The average Bonchev–Trinajstić information content (AvgIpc) is 3.31. The van der Waals surface area contributed by atoms with Gasteiger partial charge < -0.3 is 15.6 Å². The summed E-state index contributed by atoms with van der Waals surface area (Å²) >= 11 is 0. The van der Waals surface area contributed by atoms with E-state index in [0.717, 1.165) is 50.3 Å². The van der Waals surface area contributed by atoms with E-state index >= 15 is 0 Å². The number of carbonyl (C=O) groups excluding carboxylic acids is 1. The summed E-state index contributed by atoms with van der Waals surface area (Å²) in [7, 11) is 0. The highest BCUT2D eigenvalue weighted by molar-refractivity contribution is 5.91. The van der Waals surface area contributed by atoms with Gasteiger partial charge in [0, 0.05) is 31.5 Å². The van der Waals surface area contributed by atoms with Gasteiger partial charge in [-0.1, -0.05) is 5.21 Å². The van der Waals surface area contributed by atoms with Gasteiger partial charge in [0.1, 0.15) is 11.6 Å². The van der Waals surface area contributed by atoms with E-state index in [9.17, 15) is 4.79 Å². The molecular weight excluding hydrogens is 320 g/mol. The summed E-state index contributed by atoms with van der Waals surface area (Å²) in [5, 5.41) is 19.4. The first-order chi connectivity index (χ1) is 12.1. The van der Waals surface area contributed by atoms with Crippen LogP contribution in [0.15, 0.2) is 6.20 Å². The fourth-order valence-electron chi connectivity index (χ4n) is 3.78. The Morgan fingerprint density at radius 1 is 1.28 bits per heavy atom. The first-order valence-corrected chi connectivity index (χ1v) is 8.94. The number of nitrogens with zero attached hydrogens (tertiary/aromatic N) is 6. The number of amides is 1. The van der Waals surface area contributed by atoms with Crippen LogP contribution in [0.4, 0.5) is 0 Å². The van der Waals surface area contributed by atoms with Gasteiger partial charge in [-0.3, -0.25) is 4.79 Å². The number of aryl methyl sites for hydroxylation is 1. The van der Waals surface area contributed by atoms with Crippen molar-refractivity contribution in [1.29, 1.82) is 0 Å². The minimum atomic E-state index is -0.168. The topological polar surface area (TPSA) is 117 Å². The molecule has 0 bridgehead atoms. The van der Waals surface area contributed by atoms with E-state index in [0.29, 0.717) is 30.2 Å². The van der Waals surface area contributed by atoms with Crippen molar-refractivity contribution in [3.05, 3.63) is 23.5 Å². The molecule has 0 radical (unpaired) electrons. The van der Waals surface area contributed by atoms with E-state index in [1.807, 2.05) is 11.6 Å². The van der Waals surface area contributed by atoms with Crippen LogP contribution in [0.3, 0.4) is 0 Å². The molecule has 1 aliphatic heterocycles. The van der Waals surface area contributed by atoms with Crippen LogP contribution in [0.1, 0.15) is 53.9 Å². The van der Waals surface area contributed by atoms with Gasteiger partial charge in [0.15, 0.2) is 5.69 Å². The molecule has 2 aromatic rings. The third kappa shape index (κ3) is 3.28. The average molecular weight is 344 g/mol. The summed E-state index contributed by atoms with van der Waals surface area (Å²) < 4.78 is 3.93. The van der Waals surface area contributed by atoms with Crippen molar-refractivity contribution in [2.75, 3.05) is 6.54 Å². The quantitative estimate of drug-likeness (QED) is 0.820. The molecule has 1 amide bonds. The normalized spacial score (nSPS) is 25.8. The van der Waals surface area contributed by atoms with Gasteiger partial charge in [0.25, 0.3) is 5.91 Å². The van der Waals surface area contributed by atoms with E-state index < -0.39 is 0 Å². The maximum Gasteiger partial charge on any atom is 0.273 e. The fraction of sp³-hybridized carbons (Fsp3) is 0.688. The smallest absolute Gasteiger partial charge is 0.273 e. The highest BCUT2D eigenvalue weighted by Crippen LogP contribution is 2.26. The molecule has 3 N–H and O–H groups in total. The van der Waals surface area contributed by atoms with E-state index in [1.165, 1.54) is 0 Å². The third-order valence-corrected chi connectivity index (χ3v) is 5.33. The molecule has 1 aliphatic carbocycles. The summed E-state index contributed by atoms with van der Waals surface area (Å²) in [5.41, 5.74) is 6.32. The molecule has 1 atom stereocenters. The summed E-state index contributed by atoms with van der Waals surface area (Å²) in [4.78, 5) is 12.3. The third-order valence-electron chi connectivity index (χ3n) is 5.33. The SMILES string of the molecule is Cc1nnc2n1CC(CNC(=O)c1cn(C3CCC(N)CC3)nn1)C2. The Morgan fingerprint density at radius 2 is 2.08 bits per heavy atom. The lowest BCUT2D eigenvalue weighted by Crippen LogP contribution is -2.30. The fourth-order valence-corrected chi connectivity index (χ4v) is 3.78. The molecule has 0 spiro atoms. The second kappa shape index (κ2) is 6.55. The highest BCUT2D eigenvalue weighted by Gasteiger charge is 2.26. The monoisotopic (exact) mass is 344 g/mol. The van der Waals surface area contributed by atoms with Crippen LogP contribution in [0, 0.1) is 12.8 Å². The molecule has 3 heterocycles. The van der Waals surface area contributed by atoms with Gasteiger partial charge >= 0.3 is 0 Å². The van der Waals surface area contributed by atoms with Crippen molar-refractivity contribution in [2.24, 2.45) is 11.7 Å². The number of hydrogen-bond donors (Lipinski definition) is 2. The van der Waals surface area contributed by atoms with E-state index in [4.69, 9.17) is 5.73 Å². The Balaban J connectivity index is 1.30. The van der Waals surface area contributed by atoms with E-state index in [2.05, 4.69) is 30.4 Å². The van der Waals surface area contributed by atoms with Gasteiger partial charge in [0.05, 0.1) is 12.2 Å². The second-order valence-electron chi connectivity index (χ2n) is 7.21. The van der Waals surface area contributed by atoms with Crippen LogP contribution in [-0.4, -0.2) is 48.3 Å². The highest BCUT2D eigenvalue weighted by atomic mass is 16.2. The maximum atomic E-state index is 12.3. The number of fused-ring (bicyclic) bond motifs is 1. The Kier molecular flexibility index (Phi) is 4.24. The molecule has 9 heteroatoms. The van der Waals surface area contributed by atoms with Crippen LogP contribution in [0.25, 0.3) is 0 Å². The summed E-state index contributed by atoms with van der Waals surface area (Å²) in [5.74, 6) is 2.11. The molecule has 2 aliphatic rings. The van der Waals surface area contributed by atoms with Crippen molar-refractivity contribution >= 4 is 5.91 Å². The van der Waals surface area contributed by atoms with Gasteiger partial charge in [-0.2, -0.15) is 0 Å². The van der Waals surface area contributed by atoms with Crippen LogP contribution in [-0.2, 0) is 13.0 Å². The van der Waals surface area contributed by atoms with Crippen LogP contribution < -0.4 is 11.1 Å². The van der Waals surface area contributed by atoms with Crippen LogP contribution in [0.5, 0.6) is 0 Å². The summed E-state index contributed by atoms with van der Waals surface area (Å²) in [6.07, 6.45) is 6.58. The minimum absolute atomic E-state index is 0.168. The predicted octanol–water partition coefficient (Wildman–Crippen LogP) is 0.223. The Morgan fingerprint density at radius 3 is 2.84 bits per heavy atom. The first kappa shape index (κ1) is 16.2. The minimum Gasteiger partial charge on any atom is -0.350 e. The second-order valence-corrected chi connectivity index (χ2v) is 7.21. The van der Waals surface area contributed by atoms with E-state index in [1.54, 1.807) is 6.20 Å². The standard InChI is InChI=1S/C16H24N8O/c1-10-19-21-15-6-11(8-23(10)15)7-18-16(25)14-9-24(22-20-14)13-4-2-12(17)3-5-13/h9,11-13H,2-8,17H2,1H3,(H,18,25). The van der Waals surface area contributed by atoms with E-state index in [-0.39, 0.29) is 5.91 Å². The number of rotatable bonds is 4.